The normalized spacial score (nSPS) is 30.1. The maximum atomic E-state index is 12.2. The van der Waals surface area contributed by atoms with Gasteiger partial charge in [-0.3, -0.25) is 4.79 Å². The second kappa shape index (κ2) is 9.40. The fourth-order valence-corrected chi connectivity index (χ4v) is 8.08. The van der Waals surface area contributed by atoms with Crippen molar-refractivity contribution in [3.05, 3.63) is 0 Å². The minimum absolute atomic E-state index is 0.389. The first-order valence-corrected chi connectivity index (χ1v) is 13.2. The smallest absolute Gasteiger partial charge is 0.460 e. The Bertz CT molecular complexity index is 829. The van der Waals surface area contributed by atoms with E-state index in [1.807, 2.05) is 0 Å². The monoisotopic (exact) mass is 538 g/mol. The van der Waals surface area contributed by atoms with Gasteiger partial charge in [-0.15, -0.1) is 0 Å². The van der Waals surface area contributed by atoms with Gasteiger partial charge in [0.1, 0.15) is 5.25 Å². The van der Waals surface area contributed by atoms with E-state index in [-0.39, 0.29) is 0 Å². The molecule has 0 spiro atoms. The van der Waals surface area contributed by atoms with Gasteiger partial charge in [-0.1, -0.05) is 0 Å². The summed E-state index contributed by atoms with van der Waals surface area (Å²) >= 11 is 0. The standard InChI is InChI=1S/C14H23OS.C4HF9O3S/c1-16(13-5-3-2-4-12(13)15)14-9-10-6-7-11(14)8-10;5-1(6,3(9,10)11)2(7,8)4(12,13)17(14,15)16/h10-11,13-14H,2-9H2,1H3;(H,14,15,16)/q+1;/p-1. The average Bonchev–Trinajstić information content (AvgIpc) is 3.30. The lowest BCUT2D eigenvalue weighted by Gasteiger charge is -2.34. The van der Waals surface area contributed by atoms with Crippen LogP contribution in [0.4, 0.5) is 39.5 Å². The molecule has 0 aromatic rings. The molecule has 33 heavy (non-hydrogen) atoms. The van der Waals surface area contributed by atoms with Crippen molar-refractivity contribution in [3.8, 4) is 0 Å². The Morgan fingerprint density at radius 1 is 0.879 bits per heavy atom. The molecule has 3 fully saturated rings. The maximum absolute atomic E-state index is 12.2. The van der Waals surface area contributed by atoms with Gasteiger partial charge in [0.05, 0.1) is 6.26 Å². The largest absolute Gasteiger partial charge is 0.743 e. The van der Waals surface area contributed by atoms with E-state index in [4.69, 9.17) is 0 Å². The highest BCUT2D eigenvalue weighted by molar-refractivity contribution is 7.98. The van der Waals surface area contributed by atoms with Crippen LogP contribution in [0.25, 0.3) is 0 Å². The quantitative estimate of drug-likeness (QED) is 0.284. The number of alkyl halides is 9. The van der Waals surface area contributed by atoms with E-state index in [1.54, 1.807) is 0 Å². The van der Waals surface area contributed by atoms with Crippen molar-refractivity contribution in [2.75, 3.05) is 6.26 Å². The molecule has 2 bridgehead atoms. The Morgan fingerprint density at radius 3 is 1.85 bits per heavy atom. The molecule has 0 heterocycles. The van der Waals surface area contributed by atoms with Gasteiger partial charge in [0, 0.05) is 18.8 Å². The van der Waals surface area contributed by atoms with Crippen LogP contribution >= 0.6 is 0 Å². The summed E-state index contributed by atoms with van der Waals surface area (Å²) in [5.74, 6) is -12.2. The van der Waals surface area contributed by atoms with Gasteiger partial charge in [0.25, 0.3) is 0 Å². The summed E-state index contributed by atoms with van der Waals surface area (Å²) in [4.78, 5) is 12.0. The number of carbonyl (C=O) groups is 1. The zero-order valence-corrected chi connectivity index (χ0v) is 19.0. The molecule has 0 saturated heterocycles. The fourth-order valence-electron chi connectivity index (χ4n) is 4.71. The van der Waals surface area contributed by atoms with Crippen LogP contribution in [0.3, 0.4) is 0 Å². The van der Waals surface area contributed by atoms with E-state index < -0.39 is 33.4 Å². The third-order valence-electron chi connectivity index (χ3n) is 6.53. The van der Waals surface area contributed by atoms with Crippen molar-refractivity contribution in [1.82, 2.24) is 0 Å². The second-order valence-corrected chi connectivity index (χ2v) is 12.4. The molecule has 5 atom stereocenters. The first-order chi connectivity index (χ1) is 14.8. The van der Waals surface area contributed by atoms with Crippen LogP contribution in [-0.4, -0.2) is 58.8 Å². The van der Waals surface area contributed by atoms with E-state index in [0.29, 0.717) is 21.9 Å². The van der Waals surface area contributed by atoms with Crippen molar-refractivity contribution in [2.45, 2.75) is 85.1 Å². The van der Waals surface area contributed by atoms with Gasteiger partial charge in [0.2, 0.25) is 0 Å². The summed E-state index contributed by atoms with van der Waals surface area (Å²) in [7, 11) is -7.03. The molecule has 0 aromatic heterocycles. The molecule has 0 aromatic carbocycles. The lowest BCUT2D eigenvalue weighted by Crippen LogP contribution is -2.63. The number of carbonyl (C=O) groups excluding carboxylic acids is 1. The van der Waals surface area contributed by atoms with Crippen LogP contribution < -0.4 is 0 Å². The number of Topliss-reactive ketones (excluding diaryl/α,β-unsaturated/α-hetero) is 1. The third-order valence-corrected chi connectivity index (χ3v) is 10.3. The van der Waals surface area contributed by atoms with E-state index in [0.717, 1.165) is 29.9 Å². The predicted octanol–water partition coefficient (Wildman–Crippen LogP) is 4.89. The zero-order valence-electron chi connectivity index (χ0n) is 17.3. The Hall–Kier alpha value is -0.700. The van der Waals surface area contributed by atoms with Crippen LogP contribution in [-0.2, 0) is 25.8 Å². The van der Waals surface area contributed by atoms with Crippen molar-refractivity contribution < 1.29 is 57.3 Å². The molecule has 0 amide bonds. The maximum Gasteiger partial charge on any atom is 0.460 e. The van der Waals surface area contributed by atoms with Crippen LogP contribution in [0, 0.1) is 11.8 Å². The Morgan fingerprint density at radius 2 is 1.45 bits per heavy atom. The predicted molar refractivity (Wildman–Crippen MR) is 100 cm³/mol. The zero-order chi connectivity index (χ0) is 25.6. The van der Waals surface area contributed by atoms with E-state index in [1.165, 1.54) is 38.5 Å². The van der Waals surface area contributed by atoms with Gasteiger partial charge in [-0.2, -0.15) is 39.5 Å². The summed E-state index contributed by atoms with van der Waals surface area (Å²) in [6.07, 6.45) is 5.67. The molecule has 15 heteroatoms. The van der Waals surface area contributed by atoms with Gasteiger partial charge in [-0.05, 0) is 55.3 Å². The molecule has 0 radical (unpaired) electrons. The molecule has 4 nitrogen and oxygen atoms in total. The minimum atomic E-state index is -7.43. The number of rotatable bonds is 5. The van der Waals surface area contributed by atoms with Crippen LogP contribution in [0.15, 0.2) is 0 Å². The molecular weight excluding hydrogens is 515 g/mol. The van der Waals surface area contributed by atoms with Crippen LogP contribution in [0.1, 0.15) is 51.4 Å². The van der Waals surface area contributed by atoms with Crippen molar-refractivity contribution >= 4 is 26.8 Å². The van der Waals surface area contributed by atoms with Gasteiger partial charge >= 0.3 is 23.3 Å². The SMILES string of the molecule is C[S+](C1CCCCC1=O)C1CC2CCC1C2.O=S(=O)([O-])C(F)(F)C(F)(F)C(F)(F)C(F)(F)F. The van der Waals surface area contributed by atoms with Crippen LogP contribution in [0.5, 0.6) is 0 Å². The molecule has 3 saturated carbocycles. The molecule has 3 rings (SSSR count). The lowest BCUT2D eigenvalue weighted by atomic mass is 9.99. The fraction of sp³-hybridized carbons (Fsp3) is 0.944. The highest BCUT2D eigenvalue weighted by Gasteiger charge is 2.83. The molecule has 0 aliphatic heterocycles. The number of hydrogen-bond donors (Lipinski definition) is 0. The van der Waals surface area contributed by atoms with Crippen molar-refractivity contribution in [3.63, 3.8) is 0 Å². The molecular formula is C18H23F9O4S2. The summed E-state index contributed by atoms with van der Waals surface area (Å²) in [6.45, 7) is 0. The third kappa shape index (κ3) is 5.29. The summed E-state index contributed by atoms with van der Waals surface area (Å²) in [6, 6.07) is 0. The molecule has 194 valence electrons. The summed E-state index contributed by atoms with van der Waals surface area (Å²) in [5.41, 5.74) is 0. The highest BCUT2D eigenvalue weighted by atomic mass is 32.2. The van der Waals surface area contributed by atoms with Gasteiger partial charge in [0.15, 0.2) is 21.2 Å². The molecule has 5 unspecified atom stereocenters. The van der Waals surface area contributed by atoms with Gasteiger partial charge in [-0.25, -0.2) is 8.42 Å². The molecule has 3 aliphatic rings. The second-order valence-electron chi connectivity index (χ2n) is 8.64. The number of hydrogen-bond acceptors (Lipinski definition) is 4. The van der Waals surface area contributed by atoms with Crippen molar-refractivity contribution in [2.24, 2.45) is 11.8 Å². The van der Waals surface area contributed by atoms with E-state index >= 15 is 0 Å². The average molecular weight is 538 g/mol. The van der Waals surface area contributed by atoms with E-state index in [9.17, 15) is 57.3 Å². The van der Waals surface area contributed by atoms with Crippen LogP contribution in [0.2, 0.25) is 0 Å². The number of fused-ring (bicyclic) bond motifs is 2. The Balaban J connectivity index is 0.000000233. The van der Waals surface area contributed by atoms with Crippen molar-refractivity contribution in [1.29, 1.82) is 0 Å². The number of halogens is 9. The highest BCUT2D eigenvalue weighted by Crippen LogP contribution is 2.54. The molecule has 0 N–H and O–H groups in total. The topological polar surface area (TPSA) is 74.3 Å². The summed E-state index contributed by atoms with van der Waals surface area (Å²) < 4.78 is 135. The first kappa shape index (κ1) is 28.5. The lowest BCUT2D eigenvalue weighted by molar-refractivity contribution is -0.382. The Kier molecular flexibility index (Phi) is 8.13. The van der Waals surface area contributed by atoms with E-state index in [2.05, 4.69) is 6.26 Å². The minimum Gasteiger partial charge on any atom is -0.743 e. The van der Waals surface area contributed by atoms with Gasteiger partial charge < -0.3 is 4.55 Å². The first-order valence-electron chi connectivity index (χ1n) is 10.1. The number of ketones is 1. The molecule has 3 aliphatic carbocycles. The Labute approximate surface area is 187 Å². The summed E-state index contributed by atoms with van der Waals surface area (Å²) in [5, 5.41) is -5.73.